The predicted octanol–water partition coefficient (Wildman–Crippen LogP) is 2.43. The van der Waals surface area contributed by atoms with E-state index in [1.54, 1.807) is 9.58 Å². The molecule has 32 heavy (non-hydrogen) atoms. The molecule has 2 amide bonds. The number of piperazine rings is 1. The highest BCUT2D eigenvalue weighted by Crippen LogP contribution is 2.41. The molecule has 1 N–H and O–H groups in total. The molecule has 2 aliphatic rings. The van der Waals surface area contributed by atoms with Gasteiger partial charge in [0.2, 0.25) is 0 Å². The molecule has 1 aliphatic carbocycles. The van der Waals surface area contributed by atoms with Gasteiger partial charge in [0.1, 0.15) is 5.60 Å². The van der Waals surface area contributed by atoms with E-state index in [9.17, 15) is 9.59 Å². The van der Waals surface area contributed by atoms with Crippen LogP contribution in [0.1, 0.15) is 55.7 Å². The summed E-state index contributed by atoms with van der Waals surface area (Å²) in [5.74, 6) is 0.161. The minimum absolute atomic E-state index is 0.179. The average Bonchev–Trinajstić information content (AvgIpc) is 3.51. The summed E-state index contributed by atoms with van der Waals surface area (Å²) in [4.78, 5) is 29.0. The van der Waals surface area contributed by atoms with E-state index in [1.165, 1.54) is 0 Å². The molecule has 4 rings (SSSR count). The molecule has 0 radical (unpaired) electrons. The van der Waals surface area contributed by atoms with Gasteiger partial charge in [-0.3, -0.25) is 9.69 Å². The van der Waals surface area contributed by atoms with Crippen LogP contribution in [0.15, 0.2) is 30.3 Å². The number of rotatable bonds is 6. The molecule has 1 saturated heterocycles. The van der Waals surface area contributed by atoms with Gasteiger partial charge in [0.05, 0.1) is 11.4 Å². The molecule has 172 valence electrons. The number of carbonyl (C=O) groups excluding carboxylic acids is 2. The normalized spacial score (nSPS) is 17.3. The Hall–Kier alpha value is -2.94. The lowest BCUT2D eigenvalue weighted by atomic mass is 10.2. The van der Waals surface area contributed by atoms with E-state index in [-0.39, 0.29) is 12.0 Å². The SMILES string of the molecule is CC(C)(C)OC(=O)N1CCN(CCNC(=O)c2nnn(-c3ccccc3)c2C2CC2)CC1. The Balaban J connectivity index is 1.28. The van der Waals surface area contributed by atoms with Crippen molar-refractivity contribution in [2.24, 2.45) is 0 Å². The topological polar surface area (TPSA) is 92.6 Å². The molecule has 9 heteroatoms. The molecule has 0 spiro atoms. The van der Waals surface area contributed by atoms with Gasteiger partial charge in [-0.1, -0.05) is 23.4 Å². The molecule has 2 heterocycles. The van der Waals surface area contributed by atoms with Crippen molar-refractivity contribution in [3.63, 3.8) is 0 Å². The van der Waals surface area contributed by atoms with Gasteiger partial charge in [0.25, 0.3) is 5.91 Å². The smallest absolute Gasteiger partial charge is 0.410 e. The zero-order valence-electron chi connectivity index (χ0n) is 19.1. The minimum Gasteiger partial charge on any atom is -0.444 e. The summed E-state index contributed by atoms with van der Waals surface area (Å²) in [6.07, 6.45) is 1.85. The maximum absolute atomic E-state index is 12.8. The number of para-hydroxylation sites is 1. The Morgan fingerprint density at radius 3 is 2.41 bits per heavy atom. The number of carbonyl (C=O) groups is 2. The maximum Gasteiger partial charge on any atom is 0.410 e. The third-order valence-electron chi connectivity index (χ3n) is 5.62. The van der Waals surface area contributed by atoms with E-state index in [0.29, 0.717) is 31.2 Å². The van der Waals surface area contributed by atoms with Crippen LogP contribution in [0.3, 0.4) is 0 Å². The third kappa shape index (κ3) is 5.45. The van der Waals surface area contributed by atoms with E-state index in [4.69, 9.17) is 4.74 Å². The van der Waals surface area contributed by atoms with Crippen molar-refractivity contribution < 1.29 is 14.3 Å². The highest BCUT2D eigenvalue weighted by atomic mass is 16.6. The molecular formula is C23H32N6O3. The van der Waals surface area contributed by atoms with Crippen molar-refractivity contribution in [2.45, 2.75) is 45.1 Å². The first-order valence-corrected chi connectivity index (χ1v) is 11.3. The van der Waals surface area contributed by atoms with Crippen molar-refractivity contribution in [2.75, 3.05) is 39.3 Å². The van der Waals surface area contributed by atoms with Crippen LogP contribution in [0.2, 0.25) is 0 Å². The summed E-state index contributed by atoms with van der Waals surface area (Å²) in [6.45, 7) is 9.62. The molecule has 1 aromatic carbocycles. The second-order valence-corrected chi connectivity index (χ2v) is 9.41. The van der Waals surface area contributed by atoms with E-state index in [1.807, 2.05) is 51.1 Å². The van der Waals surface area contributed by atoms with Gasteiger partial charge in [-0.05, 0) is 45.7 Å². The highest BCUT2D eigenvalue weighted by molar-refractivity contribution is 5.93. The number of hydrogen-bond acceptors (Lipinski definition) is 6. The van der Waals surface area contributed by atoms with Crippen LogP contribution in [0, 0.1) is 0 Å². The third-order valence-corrected chi connectivity index (χ3v) is 5.62. The lowest BCUT2D eigenvalue weighted by molar-refractivity contribution is 0.0147. The monoisotopic (exact) mass is 440 g/mol. The van der Waals surface area contributed by atoms with Gasteiger partial charge in [-0.15, -0.1) is 5.10 Å². The van der Waals surface area contributed by atoms with Crippen molar-refractivity contribution in [1.29, 1.82) is 0 Å². The van der Waals surface area contributed by atoms with Crippen LogP contribution in [0.5, 0.6) is 0 Å². The van der Waals surface area contributed by atoms with Crippen molar-refractivity contribution in [1.82, 2.24) is 30.1 Å². The molecule has 1 aromatic heterocycles. The van der Waals surface area contributed by atoms with Gasteiger partial charge in [0.15, 0.2) is 5.69 Å². The fraction of sp³-hybridized carbons (Fsp3) is 0.565. The second-order valence-electron chi connectivity index (χ2n) is 9.41. The van der Waals surface area contributed by atoms with Crippen LogP contribution in [0.4, 0.5) is 4.79 Å². The number of hydrogen-bond donors (Lipinski definition) is 1. The highest BCUT2D eigenvalue weighted by Gasteiger charge is 2.34. The number of aromatic nitrogens is 3. The lowest BCUT2D eigenvalue weighted by Crippen LogP contribution is -2.51. The molecule has 2 aromatic rings. The number of nitrogens with zero attached hydrogens (tertiary/aromatic N) is 5. The Kier molecular flexibility index (Phi) is 6.45. The molecule has 2 fully saturated rings. The van der Waals surface area contributed by atoms with E-state index in [2.05, 4.69) is 20.5 Å². The minimum atomic E-state index is -0.486. The first-order chi connectivity index (χ1) is 15.3. The van der Waals surface area contributed by atoms with Gasteiger partial charge in [-0.25, -0.2) is 9.48 Å². The van der Waals surface area contributed by atoms with Crippen molar-refractivity contribution in [3.8, 4) is 5.69 Å². The van der Waals surface area contributed by atoms with E-state index >= 15 is 0 Å². The van der Waals surface area contributed by atoms with Gasteiger partial charge in [0, 0.05) is 45.2 Å². The summed E-state index contributed by atoms with van der Waals surface area (Å²) in [7, 11) is 0. The molecule has 0 atom stereocenters. The fourth-order valence-corrected chi connectivity index (χ4v) is 3.83. The maximum atomic E-state index is 12.8. The molecule has 1 aliphatic heterocycles. The molecular weight excluding hydrogens is 408 g/mol. The van der Waals surface area contributed by atoms with Gasteiger partial charge < -0.3 is 15.0 Å². The molecule has 1 saturated carbocycles. The number of amides is 2. The number of ether oxygens (including phenoxy) is 1. The van der Waals surface area contributed by atoms with Gasteiger partial charge >= 0.3 is 6.09 Å². The zero-order chi connectivity index (χ0) is 22.7. The number of nitrogens with one attached hydrogen (secondary N) is 1. The van der Waals surface area contributed by atoms with E-state index < -0.39 is 5.60 Å². The zero-order valence-corrected chi connectivity index (χ0v) is 19.1. The molecule has 0 bridgehead atoms. The Morgan fingerprint density at radius 1 is 1.09 bits per heavy atom. The summed E-state index contributed by atoms with van der Waals surface area (Å²) < 4.78 is 7.23. The first kappa shape index (κ1) is 22.3. The Labute approximate surface area is 188 Å². The van der Waals surface area contributed by atoms with Crippen LogP contribution in [-0.2, 0) is 4.74 Å². The summed E-state index contributed by atoms with van der Waals surface area (Å²) in [6, 6.07) is 9.81. The van der Waals surface area contributed by atoms with Crippen LogP contribution in [0.25, 0.3) is 5.69 Å². The first-order valence-electron chi connectivity index (χ1n) is 11.3. The largest absolute Gasteiger partial charge is 0.444 e. The van der Waals surface area contributed by atoms with Crippen LogP contribution >= 0.6 is 0 Å². The predicted molar refractivity (Wildman–Crippen MR) is 120 cm³/mol. The molecule has 0 unspecified atom stereocenters. The summed E-state index contributed by atoms with van der Waals surface area (Å²) in [5.41, 5.74) is 1.76. The Bertz CT molecular complexity index is 940. The standard InChI is InChI=1S/C23H32N6O3/c1-23(2,3)32-22(31)28-15-13-27(14-16-28)12-11-24-21(30)19-20(17-9-10-17)29(26-25-19)18-7-5-4-6-8-18/h4-8,17H,9-16H2,1-3H3,(H,24,30). The summed E-state index contributed by atoms with van der Waals surface area (Å²) >= 11 is 0. The van der Waals surface area contributed by atoms with Crippen molar-refractivity contribution in [3.05, 3.63) is 41.7 Å². The van der Waals surface area contributed by atoms with Crippen molar-refractivity contribution >= 4 is 12.0 Å². The molecule has 9 nitrogen and oxygen atoms in total. The van der Waals surface area contributed by atoms with Crippen LogP contribution < -0.4 is 5.32 Å². The Morgan fingerprint density at radius 2 is 1.78 bits per heavy atom. The van der Waals surface area contributed by atoms with E-state index in [0.717, 1.165) is 43.9 Å². The number of benzene rings is 1. The quantitative estimate of drug-likeness (QED) is 0.742. The van der Waals surface area contributed by atoms with Gasteiger partial charge in [-0.2, -0.15) is 0 Å². The summed E-state index contributed by atoms with van der Waals surface area (Å²) in [5, 5.41) is 11.5. The lowest BCUT2D eigenvalue weighted by Gasteiger charge is -2.35. The average molecular weight is 441 g/mol. The second kappa shape index (κ2) is 9.28. The van der Waals surface area contributed by atoms with Crippen LogP contribution in [-0.4, -0.2) is 81.7 Å². The fourth-order valence-electron chi connectivity index (χ4n) is 3.83.